The van der Waals surface area contributed by atoms with E-state index in [-0.39, 0.29) is 0 Å². The number of aromatic nitrogens is 2. The van der Waals surface area contributed by atoms with Crippen LogP contribution in [0.5, 0.6) is 0 Å². The third-order valence-corrected chi connectivity index (χ3v) is 3.43. The summed E-state index contributed by atoms with van der Waals surface area (Å²) in [6.45, 7) is 0. The van der Waals surface area contributed by atoms with Gasteiger partial charge in [0.15, 0.2) is 0 Å². The first kappa shape index (κ1) is 12.2. The minimum atomic E-state index is 0.813. The Balaban J connectivity index is 1.93. The van der Waals surface area contributed by atoms with Crippen molar-refractivity contribution < 1.29 is 0 Å². The van der Waals surface area contributed by atoms with Gasteiger partial charge in [0.25, 0.3) is 0 Å². The highest BCUT2D eigenvalue weighted by molar-refractivity contribution is 14.1. The molecular formula is C15H12IN3. The van der Waals surface area contributed by atoms with Crippen molar-refractivity contribution >= 4 is 34.2 Å². The molecule has 0 fully saturated rings. The van der Waals surface area contributed by atoms with Crippen LogP contribution < -0.4 is 5.32 Å². The summed E-state index contributed by atoms with van der Waals surface area (Å²) in [5.74, 6) is 0.813. The number of halogens is 1. The van der Waals surface area contributed by atoms with Crippen LogP contribution in [0, 0.1) is 3.57 Å². The molecule has 94 valence electrons. The van der Waals surface area contributed by atoms with Crippen molar-refractivity contribution in [1.29, 1.82) is 0 Å². The van der Waals surface area contributed by atoms with Crippen LogP contribution in [-0.2, 0) is 0 Å². The second-order valence-electron chi connectivity index (χ2n) is 4.09. The van der Waals surface area contributed by atoms with E-state index in [2.05, 4.69) is 57.2 Å². The van der Waals surface area contributed by atoms with E-state index in [9.17, 15) is 0 Å². The zero-order valence-electron chi connectivity index (χ0n) is 10.1. The van der Waals surface area contributed by atoms with Gasteiger partial charge in [-0.25, -0.2) is 4.98 Å². The number of imidazole rings is 1. The Morgan fingerprint density at radius 2 is 1.84 bits per heavy atom. The van der Waals surface area contributed by atoms with E-state index in [4.69, 9.17) is 0 Å². The molecule has 4 heteroatoms. The molecule has 0 saturated heterocycles. The Hall–Kier alpha value is -1.82. The minimum Gasteiger partial charge on any atom is -0.325 e. The zero-order valence-corrected chi connectivity index (χ0v) is 12.3. The molecule has 0 saturated carbocycles. The Kier molecular flexibility index (Phi) is 3.50. The first-order chi connectivity index (χ1) is 9.33. The van der Waals surface area contributed by atoms with E-state index in [1.54, 1.807) is 6.20 Å². The topological polar surface area (TPSA) is 29.9 Å². The fourth-order valence-corrected chi connectivity index (χ4v) is 2.43. The van der Waals surface area contributed by atoms with E-state index in [0.29, 0.717) is 0 Å². The summed E-state index contributed by atoms with van der Waals surface area (Å²) < 4.78 is 3.22. The lowest BCUT2D eigenvalue weighted by Crippen LogP contribution is -2.00. The molecule has 1 aromatic heterocycles. The van der Waals surface area contributed by atoms with Gasteiger partial charge in [0, 0.05) is 27.3 Å². The first-order valence-corrected chi connectivity index (χ1v) is 7.02. The molecule has 0 unspecified atom stereocenters. The van der Waals surface area contributed by atoms with Gasteiger partial charge < -0.3 is 5.32 Å². The maximum atomic E-state index is 4.37. The fourth-order valence-electron chi connectivity index (χ4n) is 1.89. The van der Waals surface area contributed by atoms with Gasteiger partial charge in [-0.3, -0.25) is 4.57 Å². The molecule has 0 bridgehead atoms. The Bertz CT molecular complexity index is 677. The fraction of sp³-hybridized carbons (Fsp3) is 0. The van der Waals surface area contributed by atoms with Gasteiger partial charge in [-0.1, -0.05) is 24.3 Å². The number of para-hydroxylation sites is 1. The number of rotatable bonds is 3. The molecule has 0 spiro atoms. The van der Waals surface area contributed by atoms with E-state index < -0.39 is 0 Å². The molecular weight excluding hydrogens is 349 g/mol. The number of nitrogens with zero attached hydrogens (tertiary/aromatic N) is 2. The average molecular weight is 361 g/mol. The molecule has 1 N–H and O–H groups in total. The third kappa shape index (κ3) is 2.78. The smallest absolute Gasteiger partial charge is 0.212 e. The van der Waals surface area contributed by atoms with Gasteiger partial charge in [-0.05, 0) is 52.9 Å². The van der Waals surface area contributed by atoms with Gasteiger partial charge in [0.05, 0.1) is 0 Å². The van der Waals surface area contributed by atoms with Gasteiger partial charge in [0.2, 0.25) is 5.95 Å². The molecule has 0 amide bonds. The Morgan fingerprint density at radius 1 is 1.00 bits per heavy atom. The van der Waals surface area contributed by atoms with Crippen molar-refractivity contribution in [3.05, 3.63) is 70.6 Å². The summed E-state index contributed by atoms with van der Waals surface area (Å²) in [6.07, 6.45) is 3.74. The van der Waals surface area contributed by atoms with Crippen LogP contribution in [0.25, 0.3) is 5.69 Å². The maximum Gasteiger partial charge on any atom is 0.212 e. The van der Waals surface area contributed by atoms with Gasteiger partial charge >= 0.3 is 0 Å². The van der Waals surface area contributed by atoms with Crippen LogP contribution in [0.4, 0.5) is 11.6 Å². The molecule has 0 atom stereocenters. The quantitative estimate of drug-likeness (QED) is 0.708. The van der Waals surface area contributed by atoms with Crippen LogP contribution in [0.2, 0.25) is 0 Å². The molecule has 0 aliphatic heterocycles. The third-order valence-electron chi connectivity index (χ3n) is 2.76. The highest BCUT2D eigenvalue weighted by Gasteiger charge is 2.04. The molecule has 1 heterocycles. The lowest BCUT2D eigenvalue weighted by atomic mass is 10.3. The lowest BCUT2D eigenvalue weighted by Gasteiger charge is -2.10. The highest BCUT2D eigenvalue weighted by atomic mass is 127. The minimum absolute atomic E-state index is 0.813. The van der Waals surface area contributed by atoms with E-state index in [1.165, 1.54) is 3.57 Å². The van der Waals surface area contributed by atoms with Gasteiger partial charge in [-0.15, -0.1) is 0 Å². The van der Waals surface area contributed by atoms with Crippen molar-refractivity contribution in [3.8, 4) is 5.69 Å². The summed E-state index contributed by atoms with van der Waals surface area (Å²) in [7, 11) is 0. The average Bonchev–Trinajstić information content (AvgIpc) is 2.88. The summed E-state index contributed by atoms with van der Waals surface area (Å²) in [5.41, 5.74) is 2.13. The molecule has 3 aromatic rings. The zero-order chi connectivity index (χ0) is 13.1. The predicted octanol–water partition coefficient (Wildman–Crippen LogP) is 4.22. The summed E-state index contributed by atoms with van der Waals surface area (Å²) in [6, 6.07) is 18.4. The van der Waals surface area contributed by atoms with Crippen molar-refractivity contribution in [2.45, 2.75) is 0 Å². The van der Waals surface area contributed by atoms with Crippen molar-refractivity contribution in [2.75, 3.05) is 5.32 Å². The van der Waals surface area contributed by atoms with Crippen LogP contribution in [0.1, 0.15) is 0 Å². The Labute approximate surface area is 125 Å². The summed E-state index contributed by atoms with van der Waals surface area (Å²) in [4.78, 5) is 4.37. The van der Waals surface area contributed by atoms with Gasteiger partial charge in [-0.2, -0.15) is 0 Å². The molecule has 0 radical (unpaired) electrons. The van der Waals surface area contributed by atoms with Crippen LogP contribution in [-0.4, -0.2) is 9.55 Å². The monoisotopic (exact) mass is 361 g/mol. The highest BCUT2D eigenvalue weighted by Crippen LogP contribution is 2.20. The molecule has 3 nitrogen and oxygen atoms in total. The SMILES string of the molecule is Ic1cccc(Nc2nccn2-c2ccccc2)c1. The van der Waals surface area contributed by atoms with Crippen molar-refractivity contribution in [3.63, 3.8) is 0 Å². The van der Waals surface area contributed by atoms with E-state index in [0.717, 1.165) is 17.3 Å². The van der Waals surface area contributed by atoms with E-state index >= 15 is 0 Å². The molecule has 19 heavy (non-hydrogen) atoms. The number of anilines is 2. The number of hydrogen-bond acceptors (Lipinski definition) is 2. The number of nitrogens with one attached hydrogen (secondary N) is 1. The standard InChI is InChI=1S/C15H12IN3/c16-12-5-4-6-13(11-12)18-15-17-9-10-19(15)14-7-2-1-3-8-14/h1-11H,(H,17,18). The van der Waals surface area contributed by atoms with Crippen molar-refractivity contribution in [1.82, 2.24) is 9.55 Å². The normalized spacial score (nSPS) is 10.4. The predicted molar refractivity (Wildman–Crippen MR) is 86.0 cm³/mol. The molecule has 0 aliphatic rings. The van der Waals surface area contributed by atoms with Gasteiger partial charge in [0.1, 0.15) is 0 Å². The molecule has 0 aliphatic carbocycles. The molecule has 2 aromatic carbocycles. The van der Waals surface area contributed by atoms with Crippen LogP contribution >= 0.6 is 22.6 Å². The largest absolute Gasteiger partial charge is 0.325 e. The maximum absolute atomic E-state index is 4.37. The number of benzene rings is 2. The van der Waals surface area contributed by atoms with Crippen LogP contribution in [0.15, 0.2) is 67.0 Å². The summed E-state index contributed by atoms with van der Waals surface area (Å²) >= 11 is 2.30. The second-order valence-corrected chi connectivity index (χ2v) is 5.34. The lowest BCUT2D eigenvalue weighted by molar-refractivity contribution is 1.06. The second kappa shape index (κ2) is 5.44. The van der Waals surface area contributed by atoms with Crippen LogP contribution in [0.3, 0.4) is 0 Å². The van der Waals surface area contributed by atoms with E-state index in [1.807, 2.05) is 41.1 Å². The van der Waals surface area contributed by atoms with Crippen molar-refractivity contribution in [2.24, 2.45) is 0 Å². The molecule has 3 rings (SSSR count). The first-order valence-electron chi connectivity index (χ1n) is 5.94. The number of hydrogen-bond donors (Lipinski definition) is 1. The summed E-state index contributed by atoms with van der Waals surface area (Å²) in [5, 5.41) is 3.34. The Morgan fingerprint density at radius 3 is 2.63 bits per heavy atom.